The fourth-order valence-corrected chi connectivity index (χ4v) is 3.46. The van der Waals surface area contributed by atoms with E-state index in [1.165, 1.54) is 18.4 Å². The molecule has 0 aromatic heterocycles. The Kier molecular flexibility index (Phi) is 4.90. The number of alkyl halides is 1. The minimum Gasteiger partial charge on any atom is -0.373 e. The highest BCUT2D eigenvalue weighted by molar-refractivity contribution is 7.89. The molecule has 5 nitrogen and oxygen atoms in total. The summed E-state index contributed by atoms with van der Waals surface area (Å²) in [7, 11) is -0.394. The second-order valence-electron chi connectivity index (χ2n) is 4.85. The maximum absolute atomic E-state index is 12.4. The predicted octanol–water partition coefficient (Wildman–Crippen LogP) is 1.38. The molecule has 112 valence electrons. The van der Waals surface area contributed by atoms with Crippen molar-refractivity contribution in [1.29, 1.82) is 0 Å². The smallest absolute Gasteiger partial charge is 0.244 e. The van der Waals surface area contributed by atoms with Crippen molar-refractivity contribution in [3.63, 3.8) is 0 Å². The zero-order chi connectivity index (χ0) is 14.8. The number of rotatable bonds is 4. The molecule has 0 spiro atoms. The molecule has 1 aromatic rings. The molecule has 1 atom stereocenters. The third-order valence-corrected chi connectivity index (χ3v) is 5.48. The molecular weight excluding hydrogens is 300 g/mol. The van der Waals surface area contributed by atoms with Gasteiger partial charge >= 0.3 is 0 Å². The van der Waals surface area contributed by atoms with E-state index in [0.29, 0.717) is 36.2 Å². The Bertz CT molecular complexity index is 562. The van der Waals surface area contributed by atoms with Crippen molar-refractivity contribution in [1.82, 2.24) is 4.31 Å². The number of nitrogens with zero attached hydrogens (tertiary/aromatic N) is 2. The SMILES string of the molecule is CN(C)S(=O)(=O)c1ccccc1N1CCOC(CCl)C1. The highest BCUT2D eigenvalue weighted by Crippen LogP contribution is 2.28. The monoisotopic (exact) mass is 318 g/mol. The number of para-hydroxylation sites is 1. The first kappa shape index (κ1) is 15.6. The number of sulfonamides is 1. The van der Waals surface area contributed by atoms with Gasteiger partial charge in [-0.2, -0.15) is 0 Å². The van der Waals surface area contributed by atoms with Gasteiger partial charge in [-0.1, -0.05) is 12.1 Å². The molecule has 1 heterocycles. The summed E-state index contributed by atoms with van der Waals surface area (Å²) in [4.78, 5) is 2.34. The highest BCUT2D eigenvalue weighted by atomic mass is 35.5. The first-order valence-electron chi connectivity index (χ1n) is 6.41. The average Bonchev–Trinajstić information content (AvgIpc) is 2.47. The molecule has 0 radical (unpaired) electrons. The Morgan fingerprint density at radius 2 is 2.10 bits per heavy atom. The normalized spacial score (nSPS) is 20.4. The molecule has 1 aliphatic heterocycles. The minimum atomic E-state index is -3.46. The van der Waals surface area contributed by atoms with Crippen molar-refractivity contribution >= 4 is 27.3 Å². The lowest BCUT2D eigenvalue weighted by Gasteiger charge is -2.35. The van der Waals surface area contributed by atoms with Crippen molar-refractivity contribution < 1.29 is 13.2 Å². The average molecular weight is 319 g/mol. The minimum absolute atomic E-state index is 0.0690. The lowest BCUT2D eigenvalue weighted by molar-refractivity contribution is 0.0552. The van der Waals surface area contributed by atoms with E-state index in [4.69, 9.17) is 16.3 Å². The van der Waals surface area contributed by atoms with Crippen molar-refractivity contribution in [2.45, 2.75) is 11.0 Å². The van der Waals surface area contributed by atoms with Gasteiger partial charge in [-0.3, -0.25) is 0 Å². The molecule has 1 saturated heterocycles. The summed E-state index contributed by atoms with van der Waals surface area (Å²) in [6.45, 7) is 1.81. The molecule has 0 bridgehead atoms. The molecule has 1 unspecified atom stereocenters. The second-order valence-corrected chi connectivity index (χ2v) is 7.28. The van der Waals surface area contributed by atoms with E-state index in [1.807, 2.05) is 17.0 Å². The van der Waals surface area contributed by atoms with E-state index >= 15 is 0 Å². The van der Waals surface area contributed by atoms with E-state index in [1.54, 1.807) is 12.1 Å². The van der Waals surface area contributed by atoms with Crippen LogP contribution in [0.3, 0.4) is 0 Å². The number of halogens is 1. The highest BCUT2D eigenvalue weighted by Gasteiger charge is 2.27. The van der Waals surface area contributed by atoms with Gasteiger partial charge in [0.1, 0.15) is 4.90 Å². The largest absolute Gasteiger partial charge is 0.373 e. The van der Waals surface area contributed by atoms with E-state index in [2.05, 4.69) is 0 Å². The first-order chi connectivity index (χ1) is 9.46. The zero-order valence-corrected chi connectivity index (χ0v) is 13.2. The third kappa shape index (κ3) is 3.09. The Morgan fingerprint density at radius 1 is 1.40 bits per heavy atom. The summed E-state index contributed by atoms with van der Waals surface area (Å²) in [6.07, 6.45) is -0.0690. The number of hydrogen-bond acceptors (Lipinski definition) is 4. The topological polar surface area (TPSA) is 49.9 Å². The fraction of sp³-hybridized carbons (Fsp3) is 0.538. The van der Waals surface area contributed by atoms with Crippen LogP contribution < -0.4 is 4.90 Å². The Labute approximate surface area is 125 Å². The van der Waals surface area contributed by atoms with Crippen LogP contribution in [0.2, 0.25) is 0 Å². The predicted molar refractivity (Wildman–Crippen MR) is 80.0 cm³/mol. The Hall–Kier alpha value is -0.820. The maximum atomic E-state index is 12.4. The van der Waals surface area contributed by atoms with Gasteiger partial charge in [0.25, 0.3) is 0 Å². The lowest BCUT2D eigenvalue weighted by Crippen LogP contribution is -2.44. The molecule has 1 aliphatic rings. The van der Waals surface area contributed by atoms with E-state index in [9.17, 15) is 8.42 Å². The van der Waals surface area contributed by atoms with Gasteiger partial charge in [0.15, 0.2) is 0 Å². The van der Waals surface area contributed by atoms with Gasteiger partial charge in [-0.25, -0.2) is 12.7 Å². The maximum Gasteiger partial charge on any atom is 0.244 e. The number of ether oxygens (including phenoxy) is 1. The molecule has 0 aliphatic carbocycles. The summed E-state index contributed by atoms with van der Waals surface area (Å²) >= 11 is 5.84. The number of morpholine rings is 1. The molecular formula is C13H19ClN2O3S. The van der Waals surface area contributed by atoms with Crippen LogP contribution in [0, 0.1) is 0 Å². The van der Waals surface area contributed by atoms with Crippen LogP contribution in [0.15, 0.2) is 29.2 Å². The van der Waals surface area contributed by atoms with Gasteiger partial charge in [0, 0.05) is 27.2 Å². The van der Waals surface area contributed by atoms with E-state index < -0.39 is 10.0 Å². The fourth-order valence-electron chi connectivity index (χ4n) is 2.16. The number of hydrogen-bond donors (Lipinski definition) is 0. The van der Waals surface area contributed by atoms with Crippen molar-refractivity contribution in [2.75, 3.05) is 44.6 Å². The molecule has 0 saturated carbocycles. The quantitative estimate of drug-likeness (QED) is 0.787. The van der Waals surface area contributed by atoms with Crippen LogP contribution in [-0.2, 0) is 14.8 Å². The second kappa shape index (κ2) is 6.30. The summed E-state index contributed by atoms with van der Waals surface area (Å²) < 4.78 is 31.5. The molecule has 0 amide bonds. The molecule has 0 N–H and O–H groups in total. The van der Waals surface area contributed by atoms with Gasteiger partial charge in [0.05, 0.1) is 24.3 Å². The van der Waals surface area contributed by atoms with Crippen molar-refractivity contribution in [3.05, 3.63) is 24.3 Å². The lowest BCUT2D eigenvalue weighted by atomic mass is 10.2. The molecule has 1 fully saturated rings. The van der Waals surface area contributed by atoms with E-state index in [-0.39, 0.29) is 6.10 Å². The summed E-state index contributed by atoms with van der Waals surface area (Å²) in [5, 5.41) is 0. The van der Waals surface area contributed by atoms with Crippen molar-refractivity contribution in [3.8, 4) is 0 Å². The third-order valence-electron chi connectivity index (χ3n) is 3.28. The summed E-state index contributed by atoms with van der Waals surface area (Å²) in [5.41, 5.74) is 0.708. The van der Waals surface area contributed by atoms with Crippen LogP contribution >= 0.6 is 11.6 Å². The molecule has 1 aromatic carbocycles. The van der Waals surface area contributed by atoms with Gasteiger partial charge in [-0.05, 0) is 12.1 Å². The Balaban J connectivity index is 2.38. The number of anilines is 1. The zero-order valence-electron chi connectivity index (χ0n) is 11.6. The van der Waals surface area contributed by atoms with Crippen LogP contribution in [0.25, 0.3) is 0 Å². The van der Waals surface area contributed by atoms with Gasteiger partial charge < -0.3 is 9.64 Å². The van der Waals surface area contributed by atoms with Crippen LogP contribution in [0.4, 0.5) is 5.69 Å². The van der Waals surface area contributed by atoms with Gasteiger partial charge in [-0.15, -0.1) is 11.6 Å². The molecule has 2 rings (SSSR count). The van der Waals surface area contributed by atoms with E-state index in [0.717, 1.165) is 0 Å². The molecule has 7 heteroatoms. The van der Waals surface area contributed by atoms with Crippen molar-refractivity contribution in [2.24, 2.45) is 0 Å². The standard InChI is InChI=1S/C13H19ClN2O3S/c1-15(2)20(17,18)13-6-4-3-5-12(13)16-7-8-19-11(9-14)10-16/h3-6,11H,7-10H2,1-2H3. The molecule has 20 heavy (non-hydrogen) atoms. The van der Waals surface area contributed by atoms with Gasteiger partial charge in [0.2, 0.25) is 10.0 Å². The summed E-state index contributed by atoms with van der Waals surface area (Å²) in [6, 6.07) is 7.04. The first-order valence-corrected chi connectivity index (χ1v) is 8.38. The van der Waals surface area contributed by atoms with Crippen LogP contribution in [-0.4, -0.2) is 58.5 Å². The number of benzene rings is 1. The summed E-state index contributed by atoms with van der Waals surface area (Å²) in [5.74, 6) is 0.402. The van der Waals surface area contributed by atoms with Crippen LogP contribution in [0.1, 0.15) is 0 Å². The Morgan fingerprint density at radius 3 is 2.75 bits per heavy atom. The van der Waals surface area contributed by atoms with Crippen LogP contribution in [0.5, 0.6) is 0 Å².